The van der Waals surface area contributed by atoms with Crippen molar-refractivity contribution in [2.45, 2.75) is 6.42 Å². The fraction of sp³-hybridized carbons (Fsp3) is 0.333. The van der Waals surface area contributed by atoms with Crippen molar-refractivity contribution in [1.29, 1.82) is 0 Å². The normalized spacial score (nSPS) is 14.6. The van der Waals surface area contributed by atoms with E-state index in [0.29, 0.717) is 0 Å². The average Bonchev–Trinajstić information content (AvgIpc) is 2.31. The van der Waals surface area contributed by atoms with Gasteiger partial charge in [0.2, 0.25) is 0 Å². The average molecular weight is 237 g/mol. The molecule has 1 aliphatic heterocycles. The Kier molecular flexibility index (Phi) is 5.92. The number of cyclic esters (lactones) is 2. The number of esters is 2. The Morgan fingerprint density at radius 2 is 1.65 bits per heavy atom. The third kappa shape index (κ3) is 5.79. The predicted octanol–water partition coefficient (Wildman–Crippen LogP) is 0.274. The molecule has 92 valence electrons. The smallest absolute Gasteiger partial charge is 0.339 e. The van der Waals surface area contributed by atoms with Crippen molar-refractivity contribution in [3.8, 4) is 0 Å². The largest absolute Gasteiger partial charge is 0.390 e. The van der Waals surface area contributed by atoms with Crippen molar-refractivity contribution in [3.63, 3.8) is 0 Å². The maximum absolute atomic E-state index is 10.1. The standard InChI is InChI=1S/C8H11N.C4H4O4/c9-7-6-8-4-2-1-3-5-8;5-3-1-7-2-4(6)8-3/h1-5H,6-7,9H2;1-2H2. The van der Waals surface area contributed by atoms with Gasteiger partial charge in [0.15, 0.2) is 0 Å². The zero-order chi connectivity index (χ0) is 12.5. The van der Waals surface area contributed by atoms with E-state index in [9.17, 15) is 9.59 Å². The maximum atomic E-state index is 10.1. The van der Waals surface area contributed by atoms with E-state index in [4.69, 9.17) is 5.73 Å². The van der Waals surface area contributed by atoms with E-state index >= 15 is 0 Å². The molecule has 5 heteroatoms. The quantitative estimate of drug-likeness (QED) is 0.590. The number of carbonyl (C=O) groups is 2. The van der Waals surface area contributed by atoms with Crippen molar-refractivity contribution in [2.24, 2.45) is 5.73 Å². The lowest BCUT2D eigenvalue weighted by atomic mass is 10.2. The van der Waals surface area contributed by atoms with Crippen LogP contribution in [0.1, 0.15) is 5.56 Å². The Hall–Kier alpha value is -1.72. The van der Waals surface area contributed by atoms with Crippen LogP contribution in [0.3, 0.4) is 0 Å². The van der Waals surface area contributed by atoms with Crippen LogP contribution in [0.4, 0.5) is 0 Å². The Labute approximate surface area is 99.5 Å². The van der Waals surface area contributed by atoms with E-state index in [1.54, 1.807) is 0 Å². The van der Waals surface area contributed by atoms with E-state index in [0.717, 1.165) is 13.0 Å². The molecular formula is C12H15NO4. The Balaban J connectivity index is 0.000000171. The van der Waals surface area contributed by atoms with Crippen LogP contribution in [0.5, 0.6) is 0 Å². The molecule has 0 amide bonds. The van der Waals surface area contributed by atoms with Gasteiger partial charge >= 0.3 is 11.9 Å². The molecule has 17 heavy (non-hydrogen) atoms. The Morgan fingerprint density at radius 1 is 1.06 bits per heavy atom. The van der Waals surface area contributed by atoms with E-state index in [2.05, 4.69) is 21.6 Å². The molecule has 1 aliphatic rings. The van der Waals surface area contributed by atoms with Gasteiger partial charge in [0, 0.05) is 0 Å². The number of ether oxygens (including phenoxy) is 2. The van der Waals surface area contributed by atoms with Crippen molar-refractivity contribution >= 4 is 11.9 Å². The van der Waals surface area contributed by atoms with Crippen LogP contribution in [0, 0.1) is 0 Å². The third-order valence-electron chi connectivity index (χ3n) is 1.94. The van der Waals surface area contributed by atoms with Crippen LogP contribution in [-0.2, 0) is 25.5 Å². The first-order valence-electron chi connectivity index (χ1n) is 5.27. The van der Waals surface area contributed by atoms with Crippen molar-refractivity contribution in [3.05, 3.63) is 35.9 Å². The molecule has 0 aromatic heterocycles. The molecule has 0 aliphatic carbocycles. The van der Waals surface area contributed by atoms with Crippen LogP contribution in [0.2, 0.25) is 0 Å². The van der Waals surface area contributed by atoms with Gasteiger partial charge in [-0.15, -0.1) is 0 Å². The van der Waals surface area contributed by atoms with Gasteiger partial charge in [0.1, 0.15) is 13.2 Å². The van der Waals surface area contributed by atoms with Gasteiger partial charge in [-0.05, 0) is 18.5 Å². The van der Waals surface area contributed by atoms with Gasteiger partial charge in [-0.25, -0.2) is 9.59 Å². The monoisotopic (exact) mass is 237 g/mol. The summed E-state index contributed by atoms with van der Waals surface area (Å²) in [5.74, 6) is -1.22. The summed E-state index contributed by atoms with van der Waals surface area (Å²) in [6, 6.07) is 10.3. The number of hydrogen-bond acceptors (Lipinski definition) is 5. The van der Waals surface area contributed by atoms with Crippen LogP contribution in [0.25, 0.3) is 0 Å². The molecular weight excluding hydrogens is 222 g/mol. The second kappa shape index (κ2) is 7.54. The van der Waals surface area contributed by atoms with E-state index in [1.807, 2.05) is 18.2 Å². The molecule has 0 bridgehead atoms. The summed E-state index contributed by atoms with van der Waals surface area (Å²) in [7, 11) is 0. The van der Waals surface area contributed by atoms with Crippen molar-refractivity contribution in [1.82, 2.24) is 0 Å². The van der Waals surface area contributed by atoms with Crippen molar-refractivity contribution in [2.75, 3.05) is 19.8 Å². The molecule has 1 saturated heterocycles. The highest BCUT2D eigenvalue weighted by molar-refractivity contribution is 5.88. The lowest BCUT2D eigenvalue weighted by Crippen LogP contribution is -2.28. The number of hydrogen-bond donors (Lipinski definition) is 1. The summed E-state index contributed by atoms with van der Waals surface area (Å²) >= 11 is 0. The minimum Gasteiger partial charge on any atom is -0.390 e. The van der Waals surface area contributed by atoms with Crippen LogP contribution < -0.4 is 5.73 Å². The van der Waals surface area contributed by atoms with Crippen molar-refractivity contribution < 1.29 is 19.1 Å². The van der Waals surface area contributed by atoms with Crippen LogP contribution >= 0.6 is 0 Å². The zero-order valence-electron chi connectivity index (χ0n) is 9.43. The molecule has 1 aromatic carbocycles. The van der Waals surface area contributed by atoms with Crippen LogP contribution in [0.15, 0.2) is 30.3 Å². The molecule has 1 aromatic rings. The van der Waals surface area contributed by atoms with Gasteiger partial charge in [-0.3, -0.25) is 0 Å². The first-order chi connectivity index (χ1) is 8.22. The predicted molar refractivity (Wildman–Crippen MR) is 61.1 cm³/mol. The SMILES string of the molecule is NCCc1ccccc1.O=C1COCC(=O)O1. The molecule has 5 nitrogen and oxygen atoms in total. The second-order valence-corrected chi connectivity index (χ2v) is 3.36. The van der Waals surface area contributed by atoms with Gasteiger partial charge in [0.25, 0.3) is 0 Å². The fourth-order valence-electron chi connectivity index (χ4n) is 1.21. The van der Waals surface area contributed by atoms with Gasteiger partial charge < -0.3 is 15.2 Å². The van der Waals surface area contributed by atoms with Gasteiger partial charge in [-0.1, -0.05) is 30.3 Å². The minimum atomic E-state index is -0.610. The molecule has 1 fully saturated rings. The molecule has 0 atom stereocenters. The number of benzene rings is 1. The lowest BCUT2D eigenvalue weighted by Gasteiger charge is -2.07. The minimum absolute atomic E-state index is 0.105. The highest BCUT2D eigenvalue weighted by atomic mass is 16.6. The highest BCUT2D eigenvalue weighted by Gasteiger charge is 2.16. The second-order valence-electron chi connectivity index (χ2n) is 3.36. The Morgan fingerprint density at radius 3 is 2.06 bits per heavy atom. The molecule has 1 heterocycles. The lowest BCUT2D eigenvalue weighted by molar-refractivity contribution is -0.174. The number of rotatable bonds is 2. The maximum Gasteiger partial charge on any atom is 0.339 e. The molecule has 0 unspecified atom stereocenters. The van der Waals surface area contributed by atoms with Gasteiger partial charge in [-0.2, -0.15) is 0 Å². The van der Waals surface area contributed by atoms with Crippen LogP contribution in [-0.4, -0.2) is 31.7 Å². The third-order valence-corrected chi connectivity index (χ3v) is 1.94. The highest BCUT2D eigenvalue weighted by Crippen LogP contribution is 1.96. The summed E-state index contributed by atoms with van der Waals surface area (Å²) in [6.45, 7) is 0.529. The molecule has 0 radical (unpaired) electrons. The zero-order valence-corrected chi connectivity index (χ0v) is 9.43. The summed E-state index contributed by atoms with van der Waals surface area (Å²) < 4.78 is 8.55. The molecule has 0 spiro atoms. The number of nitrogens with two attached hydrogens (primary N) is 1. The summed E-state index contributed by atoms with van der Waals surface area (Å²) in [5.41, 5.74) is 6.68. The summed E-state index contributed by atoms with van der Waals surface area (Å²) in [4.78, 5) is 20.2. The van der Waals surface area contributed by atoms with E-state index < -0.39 is 11.9 Å². The molecule has 2 N–H and O–H groups in total. The first-order valence-corrected chi connectivity index (χ1v) is 5.27. The summed E-state index contributed by atoms with van der Waals surface area (Å²) in [6.07, 6.45) is 0.987. The fourth-order valence-corrected chi connectivity index (χ4v) is 1.21. The van der Waals surface area contributed by atoms with Gasteiger partial charge in [0.05, 0.1) is 0 Å². The summed E-state index contributed by atoms with van der Waals surface area (Å²) in [5, 5.41) is 0. The molecule has 2 rings (SSSR count). The first kappa shape index (κ1) is 13.3. The Bertz CT molecular complexity index is 350. The molecule has 0 saturated carbocycles. The topological polar surface area (TPSA) is 78.6 Å². The number of carbonyl (C=O) groups excluding carboxylic acids is 2. The van der Waals surface area contributed by atoms with E-state index in [1.165, 1.54) is 5.56 Å². The van der Waals surface area contributed by atoms with E-state index in [-0.39, 0.29) is 13.2 Å².